The molecule has 3 heteroatoms. The molecule has 0 saturated heterocycles. The van der Waals surface area contributed by atoms with Gasteiger partial charge in [-0.25, -0.2) is 9.97 Å². The van der Waals surface area contributed by atoms with Crippen molar-refractivity contribution in [1.29, 1.82) is 0 Å². The van der Waals surface area contributed by atoms with E-state index in [0.717, 1.165) is 37.2 Å². The average molecular weight is 231 g/mol. The molecule has 0 aliphatic carbocycles. The van der Waals surface area contributed by atoms with Gasteiger partial charge in [-0.2, -0.15) is 0 Å². The number of hydrogen-bond acceptors (Lipinski definition) is 3. The van der Waals surface area contributed by atoms with E-state index >= 15 is 0 Å². The van der Waals surface area contributed by atoms with Crippen LogP contribution in [0.4, 0.5) is 0 Å². The molecule has 0 aliphatic heterocycles. The van der Waals surface area contributed by atoms with Crippen LogP contribution in [-0.2, 0) is 0 Å². The van der Waals surface area contributed by atoms with Crippen LogP contribution in [0.3, 0.4) is 0 Å². The molecule has 0 radical (unpaired) electrons. The molecule has 0 spiro atoms. The molecule has 0 aliphatic rings. The van der Waals surface area contributed by atoms with Gasteiger partial charge in [0.2, 0.25) is 0 Å². The fourth-order valence-electron chi connectivity index (χ4n) is 1.57. The molecular formula is C14H21N3. The normalized spacial score (nSPS) is 11.7. The topological polar surface area (TPSA) is 37.8 Å². The van der Waals surface area contributed by atoms with E-state index in [2.05, 4.69) is 34.0 Å². The van der Waals surface area contributed by atoms with E-state index in [1.807, 2.05) is 26.2 Å². The summed E-state index contributed by atoms with van der Waals surface area (Å²) in [7, 11) is 0. The summed E-state index contributed by atoms with van der Waals surface area (Å²) in [6, 6.07) is 0.219. The second-order valence-electron chi connectivity index (χ2n) is 4.09. The minimum Gasteiger partial charge on any atom is -0.307 e. The van der Waals surface area contributed by atoms with Crippen molar-refractivity contribution in [3.05, 3.63) is 23.8 Å². The zero-order valence-corrected chi connectivity index (χ0v) is 11.0. The number of nitrogens with one attached hydrogen (secondary N) is 1. The van der Waals surface area contributed by atoms with Crippen LogP contribution in [0.2, 0.25) is 0 Å². The first kappa shape index (κ1) is 13.7. The van der Waals surface area contributed by atoms with Crippen LogP contribution in [0.5, 0.6) is 0 Å². The maximum atomic E-state index is 4.39. The highest BCUT2D eigenvalue weighted by atomic mass is 15.0. The maximum Gasteiger partial charge on any atom is 0.145 e. The van der Waals surface area contributed by atoms with E-state index in [1.165, 1.54) is 0 Å². The molecule has 92 valence electrons. The van der Waals surface area contributed by atoms with Crippen molar-refractivity contribution in [3.63, 3.8) is 0 Å². The van der Waals surface area contributed by atoms with E-state index in [1.54, 1.807) is 0 Å². The van der Waals surface area contributed by atoms with Gasteiger partial charge in [-0.05, 0) is 38.8 Å². The zero-order chi connectivity index (χ0) is 12.5. The van der Waals surface area contributed by atoms with Crippen molar-refractivity contribution < 1.29 is 0 Å². The Morgan fingerprint density at radius 1 is 1.35 bits per heavy atom. The van der Waals surface area contributed by atoms with Crippen molar-refractivity contribution in [3.8, 4) is 11.8 Å². The molecule has 1 aromatic rings. The van der Waals surface area contributed by atoms with Crippen LogP contribution in [0, 0.1) is 18.8 Å². The summed E-state index contributed by atoms with van der Waals surface area (Å²) in [6.45, 7) is 7.02. The van der Waals surface area contributed by atoms with E-state index < -0.39 is 0 Å². The van der Waals surface area contributed by atoms with Crippen LogP contribution >= 0.6 is 0 Å². The molecular weight excluding hydrogens is 210 g/mol. The standard InChI is InChI=1S/C14H21N3/c1-4-6-7-8-13(15-9-5-2)14-16-10-12(3)11-17-14/h10-11,13,15H,5,7-9H2,1-3H3. The van der Waals surface area contributed by atoms with E-state index in [-0.39, 0.29) is 6.04 Å². The van der Waals surface area contributed by atoms with Gasteiger partial charge < -0.3 is 5.32 Å². The lowest BCUT2D eigenvalue weighted by atomic mass is 10.1. The van der Waals surface area contributed by atoms with Gasteiger partial charge >= 0.3 is 0 Å². The molecule has 17 heavy (non-hydrogen) atoms. The summed E-state index contributed by atoms with van der Waals surface area (Å²) < 4.78 is 0. The Bertz CT molecular complexity index is 373. The smallest absolute Gasteiger partial charge is 0.145 e. The third-order valence-electron chi connectivity index (χ3n) is 2.49. The summed E-state index contributed by atoms with van der Waals surface area (Å²) in [5, 5.41) is 3.47. The van der Waals surface area contributed by atoms with Crippen LogP contribution in [0.25, 0.3) is 0 Å². The predicted octanol–water partition coefficient (Wildman–Crippen LogP) is 2.63. The van der Waals surface area contributed by atoms with Crippen LogP contribution < -0.4 is 5.32 Å². The first-order valence-corrected chi connectivity index (χ1v) is 6.19. The van der Waals surface area contributed by atoms with E-state index in [9.17, 15) is 0 Å². The number of nitrogens with zero attached hydrogens (tertiary/aromatic N) is 2. The highest BCUT2D eigenvalue weighted by molar-refractivity contribution is 5.05. The molecule has 0 bridgehead atoms. The largest absolute Gasteiger partial charge is 0.307 e. The molecule has 3 nitrogen and oxygen atoms in total. The molecule has 0 fully saturated rings. The lowest BCUT2D eigenvalue weighted by Crippen LogP contribution is -2.24. The van der Waals surface area contributed by atoms with Crippen LogP contribution in [-0.4, -0.2) is 16.5 Å². The molecule has 0 amide bonds. The van der Waals surface area contributed by atoms with Crippen molar-refractivity contribution in [2.45, 2.75) is 46.1 Å². The molecule has 1 heterocycles. The molecule has 1 unspecified atom stereocenters. The predicted molar refractivity (Wildman–Crippen MR) is 70.5 cm³/mol. The molecule has 1 atom stereocenters. The third kappa shape index (κ3) is 4.97. The Balaban J connectivity index is 2.65. The van der Waals surface area contributed by atoms with Crippen molar-refractivity contribution >= 4 is 0 Å². The SMILES string of the molecule is CC#CCCC(NCCC)c1ncc(C)cn1. The monoisotopic (exact) mass is 231 g/mol. The first-order chi connectivity index (χ1) is 8.27. The number of aryl methyl sites for hydroxylation is 1. The Morgan fingerprint density at radius 2 is 2.06 bits per heavy atom. The van der Waals surface area contributed by atoms with Crippen molar-refractivity contribution in [2.75, 3.05) is 6.54 Å². The zero-order valence-electron chi connectivity index (χ0n) is 11.0. The average Bonchev–Trinajstić information content (AvgIpc) is 2.35. The van der Waals surface area contributed by atoms with Crippen LogP contribution in [0.15, 0.2) is 12.4 Å². The fraction of sp³-hybridized carbons (Fsp3) is 0.571. The summed E-state index contributed by atoms with van der Waals surface area (Å²) >= 11 is 0. The second-order valence-corrected chi connectivity index (χ2v) is 4.09. The Labute approximate surface area is 104 Å². The second kappa shape index (κ2) is 7.81. The number of aromatic nitrogens is 2. The van der Waals surface area contributed by atoms with Gasteiger partial charge in [0.1, 0.15) is 5.82 Å². The van der Waals surface area contributed by atoms with Gasteiger partial charge in [-0.1, -0.05) is 6.92 Å². The van der Waals surface area contributed by atoms with E-state index in [0.29, 0.717) is 0 Å². The van der Waals surface area contributed by atoms with Gasteiger partial charge in [0.25, 0.3) is 0 Å². The van der Waals surface area contributed by atoms with Gasteiger partial charge in [-0.15, -0.1) is 11.8 Å². The summed E-state index contributed by atoms with van der Waals surface area (Å²) in [5.74, 6) is 6.89. The van der Waals surface area contributed by atoms with Crippen LogP contribution in [0.1, 0.15) is 50.5 Å². The maximum absolute atomic E-state index is 4.39. The Morgan fingerprint density at radius 3 is 2.65 bits per heavy atom. The number of hydrogen-bond donors (Lipinski definition) is 1. The third-order valence-corrected chi connectivity index (χ3v) is 2.49. The molecule has 0 saturated carbocycles. The van der Waals surface area contributed by atoms with Crippen molar-refractivity contribution in [2.24, 2.45) is 0 Å². The van der Waals surface area contributed by atoms with Gasteiger partial charge in [0.05, 0.1) is 6.04 Å². The molecule has 0 aromatic carbocycles. The highest BCUT2D eigenvalue weighted by Gasteiger charge is 2.12. The minimum atomic E-state index is 0.219. The lowest BCUT2D eigenvalue weighted by Gasteiger charge is -2.15. The quantitative estimate of drug-likeness (QED) is 0.765. The Hall–Kier alpha value is -1.40. The van der Waals surface area contributed by atoms with Crippen molar-refractivity contribution in [1.82, 2.24) is 15.3 Å². The molecule has 1 rings (SSSR count). The van der Waals surface area contributed by atoms with Gasteiger partial charge in [0, 0.05) is 18.8 Å². The highest BCUT2D eigenvalue weighted by Crippen LogP contribution is 2.14. The van der Waals surface area contributed by atoms with Gasteiger partial charge in [0.15, 0.2) is 0 Å². The van der Waals surface area contributed by atoms with E-state index in [4.69, 9.17) is 0 Å². The number of rotatable bonds is 6. The minimum absolute atomic E-state index is 0.219. The lowest BCUT2D eigenvalue weighted by molar-refractivity contribution is 0.482. The summed E-state index contributed by atoms with van der Waals surface area (Å²) in [6.07, 6.45) is 6.70. The molecule has 1 aromatic heterocycles. The summed E-state index contributed by atoms with van der Waals surface area (Å²) in [4.78, 5) is 8.78. The fourth-order valence-corrected chi connectivity index (χ4v) is 1.57. The summed E-state index contributed by atoms with van der Waals surface area (Å²) in [5.41, 5.74) is 1.09. The Kier molecular flexibility index (Phi) is 6.27. The molecule has 1 N–H and O–H groups in total. The van der Waals surface area contributed by atoms with Gasteiger partial charge in [-0.3, -0.25) is 0 Å². The first-order valence-electron chi connectivity index (χ1n) is 6.19.